The van der Waals surface area contributed by atoms with E-state index >= 15 is 0 Å². The molecule has 1 heterocycles. The lowest BCUT2D eigenvalue weighted by Crippen LogP contribution is -2.37. The van der Waals surface area contributed by atoms with Crippen molar-refractivity contribution in [2.45, 2.75) is 44.9 Å². The third-order valence-electron chi connectivity index (χ3n) is 4.37. The summed E-state index contributed by atoms with van der Waals surface area (Å²) in [4.78, 5) is 2.52. The predicted octanol–water partition coefficient (Wildman–Crippen LogP) is 2.27. The largest absolute Gasteiger partial charge is 0.379 e. The zero-order chi connectivity index (χ0) is 12.5. The summed E-state index contributed by atoms with van der Waals surface area (Å²) in [6.07, 6.45) is 10.1. The van der Waals surface area contributed by atoms with E-state index in [9.17, 15) is 0 Å². The molecular weight excluding hydrogens is 224 g/mol. The molecule has 1 saturated carbocycles. The highest BCUT2D eigenvalue weighted by Gasteiger charge is 2.13. The minimum absolute atomic E-state index is 0.925. The Morgan fingerprint density at radius 2 is 1.72 bits per heavy atom. The minimum Gasteiger partial charge on any atom is -0.379 e. The van der Waals surface area contributed by atoms with Crippen molar-refractivity contribution in [2.24, 2.45) is 5.92 Å². The first-order valence-corrected chi connectivity index (χ1v) is 7.96. The Hall–Kier alpha value is -0.120. The van der Waals surface area contributed by atoms with Gasteiger partial charge in [-0.2, -0.15) is 0 Å². The SMILES string of the molecule is C1CCC(CCCNCCCN2CCOCC2)C1. The fourth-order valence-corrected chi connectivity index (χ4v) is 3.19. The van der Waals surface area contributed by atoms with Crippen molar-refractivity contribution in [1.82, 2.24) is 10.2 Å². The Labute approximate surface area is 112 Å². The molecule has 2 aliphatic rings. The number of hydrogen-bond acceptors (Lipinski definition) is 3. The van der Waals surface area contributed by atoms with Crippen molar-refractivity contribution in [3.63, 3.8) is 0 Å². The molecule has 1 saturated heterocycles. The highest BCUT2D eigenvalue weighted by molar-refractivity contribution is 4.68. The summed E-state index contributed by atoms with van der Waals surface area (Å²) in [6.45, 7) is 7.74. The molecule has 1 aliphatic carbocycles. The van der Waals surface area contributed by atoms with Gasteiger partial charge in [-0.05, 0) is 44.8 Å². The van der Waals surface area contributed by atoms with Crippen LogP contribution in [0.15, 0.2) is 0 Å². The molecule has 0 unspecified atom stereocenters. The number of nitrogens with one attached hydrogen (secondary N) is 1. The van der Waals surface area contributed by atoms with Crippen molar-refractivity contribution >= 4 is 0 Å². The zero-order valence-electron chi connectivity index (χ0n) is 11.8. The molecule has 106 valence electrons. The average Bonchev–Trinajstić information content (AvgIpc) is 2.92. The molecule has 0 bridgehead atoms. The molecule has 0 amide bonds. The molecule has 2 rings (SSSR count). The minimum atomic E-state index is 0.925. The molecule has 0 radical (unpaired) electrons. The van der Waals surface area contributed by atoms with E-state index in [4.69, 9.17) is 4.74 Å². The molecule has 18 heavy (non-hydrogen) atoms. The smallest absolute Gasteiger partial charge is 0.0594 e. The fraction of sp³-hybridized carbons (Fsp3) is 1.00. The second kappa shape index (κ2) is 8.89. The van der Waals surface area contributed by atoms with E-state index < -0.39 is 0 Å². The second-order valence-corrected chi connectivity index (χ2v) is 5.85. The van der Waals surface area contributed by atoms with Crippen molar-refractivity contribution in [3.05, 3.63) is 0 Å². The first-order chi connectivity index (χ1) is 8.95. The van der Waals surface area contributed by atoms with Crippen molar-refractivity contribution in [1.29, 1.82) is 0 Å². The Morgan fingerprint density at radius 3 is 2.50 bits per heavy atom. The molecule has 3 nitrogen and oxygen atoms in total. The fourth-order valence-electron chi connectivity index (χ4n) is 3.19. The van der Waals surface area contributed by atoms with Crippen LogP contribution >= 0.6 is 0 Å². The van der Waals surface area contributed by atoms with Crippen molar-refractivity contribution < 1.29 is 4.74 Å². The molecular formula is C15H30N2O. The highest BCUT2D eigenvalue weighted by Crippen LogP contribution is 2.28. The lowest BCUT2D eigenvalue weighted by atomic mass is 10.0. The van der Waals surface area contributed by atoms with Gasteiger partial charge in [0.2, 0.25) is 0 Å². The number of hydrogen-bond donors (Lipinski definition) is 1. The van der Waals surface area contributed by atoms with Crippen LogP contribution in [0.4, 0.5) is 0 Å². The highest BCUT2D eigenvalue weighted by atomic mass is 16.5. The van der Waals surface area contributed by atoms with Crippen LogP contribution in [0.2, 0.25) is 0 Å². The van der Waals surface area contributed by atoms with Gasteiger partial charge in [0, 0.05) is 13.1 Å². The van der Waals surface area contributed by atoms with Crippen LogP contribution in [0.25, 0.3) is 0 Å². The van der Waals surface area contributed by atoms with Gasteiger partial charge in [-0.25, -0.2) is 0 Å². The molecule has 0 aromatic heterocycles. The van der Waals surface area contributed by atoms with Gasteiger partial charge in [0.15, 0.2) is 0 Å². The molecule has 3 heteroatoms. The van der Waals surface area contributed by atoms with Crippen molar-refractivity contribution in [2.75, 3.05) is 45.9 Å². The third kappa shape index (κ3) is 5.68. The van der Waals surface area contributed by atoms with E-state index in [1.165, 1.54) is 64.6 Å². The number of ether oxygens (including phenoxy) is 1. The van der Waals surface area contributed by atoms with Crippen LogP contribution in [0.3, 0.4) is 0 Å². The Kier molecular flexibility index (Phi) is 7.06. The molecule has 0 atom stereocenters. The molecule has 0 aromatic carbocycles. The van der Waals surface area contributed by atoms with E-state index in [1.807, 2.05) is 0 Å². The van der Waals surface area contributed by atoms with Crippen LogP contribution < -0.4 is 5.32 Å². The quantitative estimate of drug-likeness (QED) is 0.673. The summed E-state index contributed by atoms with van der Waals surface area (Å²) in [6, 6.07) is 0. The van der Waals surface area contributed by atoms with Gasteiger partial charge in [0.1, 0.15) is 0 Å². The maximum absolute atomic E-state index is 5.35. The standard InChI is InChI=1S/C15H30N2O/c1-2-6-15(5-1)7-3-8-16-9-4-10-17-11-13-18-14-12-17/h15-16H,1-14H2. The summed E-state index contributed by atoms with van der Waals surface area (Å²) in [5.41, 5.74) is 0. The van der Waals surface area contributed by atoms with E-state index in [0.717, 1.165) is 32.2 Å². The number of rotatable bonds is 8. The zero-order valence-corrected chi connectivity index (χ0v) is 11.8. The van der Waals surface area contributed by atoms with Gasteiger partial charge in [0.25, 0.3) is 0 Å². The topological polar surface area (TPSA) is 24.5 Å². The van der Waals surface area contributed by atoms with Crippen LogP contribution in [0.5, 0.6) is 0 Å². The predicted molar refractivity (Wildman–Crippen MR) is 75.9 cm³/mol. The first-order valence-electron chi connectivity index (χ1n) is 7.96. The van der Waals surface area contributed by atoms with Gasteiger partial charge < -0.3 is 10.1 Å². The Balaban J connectivity index is 1.35. The van der Waals surface area contributed by atoms with E-state index in [1.54, 1.807) is 0 Å². The number of morpholine rings is 1. The van der Waals surface area contributed by atoms with Gasteiger partial charge >= 0.3 is 0 Å². The normalized spacial score (nSPS) is 22.7. The molecule has 1 N–H and O–H groups in total. The molecule has 2 fully saturated rings. The average molecular weight is 254 g/mol. The van der Waals surface area contributed by atoms with Gasteiger partial charge in [-0.3, -0.25) is 4.90 Å². The Bertz CT molecular complexity index is 199. The van der Waals surface area contributed by atoms with Crippen LogP contribution in [0.1, 0.15) is 44.9 Å². The van der Waals surface area contributed by atoms with Crippen LogP contribution in [0, 0.1) is 5.92 Å². The summed E-state index contributed by atoms with van der Waals surface area (Å²) in [7, 11) is 0. The van der Waals surface area contributed by atoms with Gasteiger partial charge in [-0.1, -0.05) is 25.7 Å². The summed E-state index contributed by atoms with van der Waals surface area (Å²) >= 11 is 0. The first kappa shape index (κ1) is 14.3. The molecule has 1 aliphatic heterocycles. The van der Waals surface area contributed by atoms with Gasteiger partial charge in [-0.15, -0.1) is 0 Å². The molecule has 0 spiro atoms. The van der Waals surface area contributed by atoms with E-state index in [0.29, 0.717) is 0 Å². The second-order valence-electron chi connectivity index (χ2n) is 5.85. The molecule has 0 aromatic rings. The summed E-state index contributed by atoms with van der Waals surface area (Å²) < 4.78 is 5.35. The summed E-state index contributed by atoms with van der Waals surface area (Å²) in [5.74, 6) is 1.06. The lowest BCUT2D eigenvalue weighted by Gasteiger charge is -2.26. The lowest BCUT2D eigenvalue weighted by molar-refractivity contribution is 0.0374. The Morgan fingerprint density at radius 1 is 1.00 bits per heavy atom. The van der Waals surface area contributed by atoms with Gasteiger partial charge in [0.05, 0.1) is 13.2 Å². The summed E-state index contributed by atoms with van der Waals surface area (Å²) in [5, 5.41) is 3.59. The third-order valence-corrected chi connectivity index (χ3v) is 4.37. The maximum Gasteiger partial charge on any atom is 0.0594 e. The number of nitrogens with zero attached hydrogens (tertiary/aromatic N) is 1. The maximum atomic E-state index is 5.35. The van der Waals surface area contributed by atoms with Crippen molar-refractivity contribution in [3.8, 4) is 0 Å². The monoisotopic (exact) mass is 254 g/mol. The van der Waals surface area contributed by atoms with E-state index in [2.05, 4.69) is 10.2 Å². The van der Waals surface area contributed by atoms with E-state index in [-0.39, 0.29) is 0 Å². The van der Waals surface area contributed by atoms with Crippen LogP contribution in [-0.2, 0) is 4.74 Å². The van der Waals surface area contributed by atoms with Crippen LogP contribution in [-0.4, -0.2) is 50.8 Å².